The third-order valence-corrected chi connectivity index (χ3v) is 7.02. The predicted molar refractivity (Wildman–Crippen MR) is 153 cm³/mol. The lowest BCUT2D eigenvalue weighted by Crippen LogP contribution is -2.46. The molecule has 0 fully saturated rings. The number of nitrogens with zero attached hydrogens (tertiary/aromatic N) is 3. The average molecular weight is 504 g/mol. The molecule has 192 valence electrons. The van der Waals surface area contributed by atoms with Crippen LogP contribution in [-0.2, 0) is 9.59 Å². The van der Waals surface area contributed by atoms with Crippen molar-refractivity contribution < 1.29 is 9.59 Å². The fourth-order valence-electron chi connectivity index (χ4n) is 5.02. The van der Waals surface area contributed by atoms with Gasteiger partial charge in [0.15, 0.2) is 0 Å². The molecule has 0 saturated carbocycles. The summed E-state index contributed by atoms with van der Waals surface area (Å²) >= 11 is 0. The summed E-state index contributed by atoms with van der Waals surface area (Å²) in [6.45, 7) is 4.69. The molecule has 2 heterocycles. The van der Waals surface area contributed by atoms with E-state index in [2.05, 4.69) is 48.7 Å². The van der Waals surface area contributed by atoms with Gasteiger partial charge in [-0.1, -0.05) is 85.6 Å². The zero-order chi connectivity index (χ0) is 26.5. The van der Waals surface area contributed by atoms with Crippen LogP contribution in [0.15, 0.2) is 103 Å². The molecule has 0 spiro atoms. The van der Waals surface area contributed by atoms with Gasteiger partial charge >= 0.3 is 0 Å². The van der Waals surface area contributed by atoms with Crippen LogP contribution in [-0.4, -0.2) is 34.4 Å². The van der Waals surface area contributed by atoms with Crippen LogP contribution in [0, 0.1) is 6.92 Å². The maximum absolute atomic E-state index is 14.2. The number of unbranched alkanes of at least 4 members (excludes halogenated alkanes) is 1. The zero-order valence-electron chi connectivity index (χ0n) is 22.0. The van der Waals surface area contributed by atoms with Crippen LogP contribution in [0.3, 0.4) is 0 Å². The molecule has 5 rings (SSSR count). The molecular formula is C33H33N3O2. The molecule has 1 aliphatic heterocycles. The number of anilines is 1. The van der Waals surface area contributed by atoms with Crippen molar-refractivity contribution in [3.05, 3.63) is 126 Å². The Bertz CT molecular complexity index is 1440. The van der Waals surface area contributed by atoms with Gasteiger partial charge in [-0.05, 0) is 54.8 Å². The number of rotatable bonds is 8. The first kappa shape index (κ1) is 25.3. The molecule has 3 aromatic carbocycles. The van der Waals surface area contributed by atoms with E-state index in [-0.39, 0.29) is 24.4 Å². The van der Waals surface area contributed by atoms with Crippen molar-refractivity contribution in [3.8, 4) is 5.69 Å². The number of carbonyl (C=O) groups excluding carboxylic acids is 2. The number of benzene rings is 3. The second-order valence-electron chi connectivity index (χ2n) is 9.73. The fraction of sp³-hybridized carbons (Fsp3) is 0.212. The topological polar surface area (TPSA) is 45.6 Å². The van der Waals surface area contributed by atoms with Crippen LogP contribution in [0.1, 0.15) is 48.2 Å². The van der Waals surface area contributed by atoms with Crippen LogP contribution in [0.5, 0.6) is 0 Å². The van der Waals surface area contributed by atoms with Gasteiger partial charge in [-0.2, -0.15) is 0 Å². The Hall–Kier alpha value is -4.38. The second-order valence-corrected chi connectivity index (χ2v) is 9.73. The number of para-hydroxylation sites is 2. The summed E-state index contributed by atoms with van der Waals surface area (Å²) in [6.07, 6.45) is 7.20. The summed E-state index contributed by atoms with van der Waals surface area (Å²) in [7, 11) is 0. The summed E-state index contributed by atoms with van der Waals surface area (Å²) in [4.78, 5) is 31.0. The van der Waals surface area contributed by atoms with Crippen LogP contribution >= 0.6 is 0 Å². The van der Waals surface area contributed by atoms with Crippen LogP contribution in [0.2, 0.25) is 0 Å². The van der Waals surface area contributed by atoms with E-state index in [9.17, 15) is 9.59 Å². The number of amides is 2. The van der Waals surface area contributed by atoms with Crippen molar-refractivity contribution in [2.75, 3.05) is 18.0 Å². The van der Waals surface area contributed by atoms with Crippen LogP contribution in [0.4, 0.5) is 5.69 Å². The van der Waals surface area contributed by atoms with Gasteiger partial charge in [0.05, 0.1) is 17.1 Å². The largest absolute Gasteiger partial charge is 0.330 e. The number of hydrogen-bond acceptors (Lipinski definition) is 2. The van der Waals surface area contributed by atoms with Gasteiger partial charge in [0, 0.05) is 18.8 Å². The number of carbonyl (C=O) groups is 2. The Kier molecular flexibility index (Phi) is 7.55. The molecule has 0 radical (unpaired) electrons. The molecule has 0 saturated heterocycles. The molecule has 4 aromatic rings. The predicted octanol–water partition coefficient (Wildman–Crippen LogP) is 6.56. The Balaban J connectivity index is 1.50. The summed E-state index contributed by atoms with van der Waals surface area (Å²) < 4.78 is 2.16. The standard InChI is InChI=1S/C33H33N3O2/c1-3-4-22-34(31(37)21-18-26-11-6-5-7-12-26)24-32(38)36-29-14-9-8-13-28(29)35-23-10-15-30(35)33(36)27-19-16-25(2)17-20-27/h5-21,23,33H,3-4,22,24H2,1-2H3/b21-18+. The van der Waals surface area contributed by atoms with Crippen molar-refractivity contribution in [3.63, 3.8) is 0 Å². The highest BCUT2D eigenvalue weighted by atomic mass is 16.2. The van der Waals surface area contributed by atoms with E-state index >= 15 is 0 Å². The third kappa shape index (κ3) is 5.18. The van der Waals surface area contributed by atoms with Crippen molar-refractivity contribution in [2.45, 2.75) is 32.7 Å². The van der Waals surface area contributed by atoms with Gasteiger partial charge in [-0.15, -0.1) is 0 Å². The highest BCUT2D eigenvalue weighted by molar-refractivity contribution is 6.02. The van der Waals surface area contributed by atoms with Crippen molar-refractivity contribution in [1.29, 1.82) is 0 Å². The minimum absolute atomic E-state index is 0.00929. The van der Waals surface area contributed by atoms with Gasteiger partial charge in [-0.3, -0.25) is 14.5 Å². The number of aryl methyl sites for hydroxylation is 1. The van der Waals surface area contributed by atoms with E-state index in [1.54, 1.807) is 11.0 Å². The van der Waals surface area contributed by atoms with Crippen molar-refractivity contribution in [1.82, 2.24) is 9.47 Å². The molecule has 5 nitrogen and oxygen atoms in total. The van der Waals surface area contributed by atoms with Crippen LogP contribution in [0.25, 0.3) is 11.8 Å². The minimum atomic E-state index is -0.295. The average Bonchev–Trinajstić information content (AvgIpc) is 3.44. The number of fused-ring (bicyclic) bond motifs is 3. The Morgan fingerprint density at radius 1 is 0.868 bits per heavy atom. The highest BCUT2D eigenvalue weighted by Crippen LogP contribution is 2.42. The van der Waals surface area contributed by atoms with Crippen molar-refractivity contribution in [2.24, 2.45) is 0 Å². The summed E-state index contributed by atoms with van der Waals surface area (Å²) in [5.41, 5.74) is 5.98. The maximum atomic E-state index is 14.2. The molecule has 38 heavy (non-hydrogen) atoms. The zero-order valence-corrected chi connectivity index (χ0v) is 22.0. The first-order valence-corrected chi connectivity index (χ1v) is 13.2. The van der Waals surface area contributed by atoms with E-state index in [1.165, 1.54) is 5.56 Å². The molecule has 1 aromatic heterocycles. The molecule has 1 atom stereocenters. The molecule has 1 aliphatic rings. The molecule has 0 aliphatic carbocycles. The fourth-order valence-corrected chi connectivity index (χ4v) is 5.02. The SMILES string of the molecule is CCCCN(CC(=O)N1c2ccccc2-n2cccc2C1c1ccc(C)cc1)C(=O)/C=C/c1ccccc1. The summed E-state index contributed by atoms with van der Waals surface area (Å²) in [5, 5.41) is 0. The summed E-state index contributed by atoms with van der Waals surface area (Å²) in [5.74, 6) is -0.260. The monoisotopic (exact) mass is 503 g/mol. The normalized spacial score (nSPS) is 14.3. The lowest BCUT2D eigenvalue weighted by atomic mass is 9.97. The van der Waals surface area contributed by atoms with E-state index in [0.29, 0.717) is 6.54 Å². The molecular weight excluding hydrogens is 470 g/mol. The molecule has 0 N–H and O–H groups in total. The van der Waals surface area contributed by atoms with E-state index in [1.807, 2.05) is 77.8 Å². The quantitative estimate of drug-likeness (QED) is 0.256. The Morgan fingerprint density at radius 2 is 1.58 bits per heavy atom. The van der Waals surface area contributed by atoms with Crippen molar-refractivity contribution >= 4 is 23.6 Å². The molecule has 1 unspecified atom stereocenters. The van der Waals surface area contributed by atoms with E-state index in [4.69, 9.17) is 0 Å². The molecule has 2 amide bonds. The Morgan fingerprint density at radius 3 is 2.32 bits per heavy atom. The first-order valence-electron chi connectivity index (χ1n) is 13.2. The van der Waals surface area contributed by atoms with Gasteiger partial charge in [0.2, 0.25) is 11.8 Å². The smallest absolute Gasteiger partial charge is 0.247 e. The first-order chi connectivity index (χ1) is 18.6. The minimum Gasteiger partial charge on any atom is -0.330 e. The van der Waals surface area contributed by atoms with Gasteiger partial charge in [0.25, 0.3) is 0 Å². The van der Waals surface area contributed by atoms with E-state index < -0.39 is 0 Å². The number of aromatic nitrogens is 1. The summed E-state index contributed by atoms with van der Waals surface area (Å²) in [6, 6.07) is 29.9. The number of hydrogen-bond donors (Lipinski definition) is 0. The third-order valence-electron chi connectivity index (χ3n) is 7.02. The lowest BCUT2D eigenvalue weighted by molar-refractivity contribution is -0.131. The maximum Gasteiger partial charge on any atom is 0.247 e. The molecule has 0 bridgehead atoms. The Labute approximate surface area is 224 Å². The van der Waals surface area contributed by atoms with E-state index in [0.717, 1.165) is 41.0 Å². The van der Waals surface area contributed by atoms with Gasteiger partial charge in [-0.25, -0.2) is 0 Å². The lowest BCUT2D eigenvalue weighted by Gasteiger charge is -2.39. The van der Waals surface area contributed by atoms with Gasteiger partial charge < -0.3 is 9.47 Å². The second kappa shape index (κ2) is 11.3. The highest BCUT2D eigenvalue weighted by Gasteiger charge is 2.36. The van der Waals surface area contributed by atoms with Crippen LogP contribution < -0.4 is 4.90 Å². The molecule has 5 heteroatoms. The van der Waals surface area contributed by atoms with Gasteiger partial charge in [0.1, 0.15) is 12.6 Å².